The predicted molar refractivity (Wildman–Crippen MR) is 196 cm³/mol. The van der Waals surface area contributed by atoms with Gasteiger partial charge in [0.25, 0.3) is 11.8 Å². The van der Waals surface area contributed by atoms with Crippen molar-refractivity contribution in [3.8, 4) is 11.1 Å². The fraction of sp³-hybridized carbons (Fsp3) is 0.282. The highest BCUT2D eigenvalue weighted by Crippen LogP contribution is 2.40. The maximum Gasteiger partial charge on any atom is 0.290 e. The minimum atomic E-state index is -1.19. The molecule has 0 saturated heterocycles. The lowest BCUT2D eigenvalue weighted by Gasteiger charge is -2.43. The number of hydrogen-bond acceptors (Lipinski definition) is 5. The molecule has 2 aromatic heterocycles. The summed E-state index contributed by atoms with van der Waals surface area (Å²) in [5, 5.41) is 11.9. The first-order valence-corrected chi connectivity index (χ1v) is 17.5. The molecule has 3 N–H and O–H groups in total. The van der Waals surface area contributed by atoms with Crippen LogP contribution in [-0.2, 0) is 12.8 Å². The Labute approximate surface area is 299 Å². The number of H-pyrrole nitrogens is 2. The van der Waals surface area contributed by atoms with E-state index < -0.39 is 11.6 Å². The van der Waals surface area contributed by atoms with Gasteiger partial charge in [-0.3, -0.25) is 9.59 Å². The monoisotopic (exact) mass is 706 g/mol. The summed E-state index contributed by atoms with van der Waals surface area (Å²) >= 11 is 13.6. The molecule has 254 valence electrons. The predicted octanol–water partition coefficient (Wildman–Crippen LogP) is 8.07. The van der Waals surface area contributed by atoms with Gasteiger partial charge >= 0.3 is 0 Å². The van der Waals surface area contributed by atoms with Crippen LogP contribution in [-0.4, -0.2) is 64.8 Å². The molecule has 3 atom stereocenters. The lowest BCUT2D eigenvalue weighted by atomic mass is 9.83. The van der Waals surface area contributed by atoms with Crippen LogP contribution in [0.25, 0.3) is 33.2 Å². The average molecular weight is 708 g/mol. The van der Waals surface area contributed by atoms with Crippen molar-refractivity contribution >= 4 is 57.1 Å². The Balaban J connectivity index is 1.11. The number of rotatable bonds is 4. The van der Waals surface area contributed by atoms with Crippen molar-refractivity contribution < 1.29 is 14.7 Å². The Morgan fingerprint density at radius 3 is 1.94 bits per heavy atom. The molecule has 8 rings (SSSR count). The number of fused-ring (bicyclic) bond motifs is 4. The van der Waals surface area contributed by atoms with Crippen LogP contribution in [0, 0.1) is 0 Å². The molecule has 4 aromatic carbocycles. The number of aromatic amines is 2. The number of carbonyl (C=O) groups excluding carboxylic acids is 2. The minimum Gasteiger partial charge on any atom is -0.388 e. The Hall–Kier alpha value is -4.70. The molecule has 0 aliphatic carbocycles. The standard InChI is InChI=1S/C39H36Cl2N6O3/c1-20-15-23-10-6-7-11-26(23)21(2)47(20)38(49)36-43-31-19-25(17-29(41)33(31)45-36)24-16-28(40)32-30(18-24)42-35(44-32)37(48)46-14-13-22-9-5-8-12-27(22)34(46)39(3,4)50/h5-12,16-21,34,50H,13-15H2,1-4H3,(H,42,44)(H,43,45)/t20-,21-,34?/m0/s1. The van der Waals surface area contributed by atoms with E-state index >= 15 is 0 Å². The Bertz CT molecular complexity index is 2340. The number of nitrogens with zero attached hydrogens (tertiary/aromatic N) is 4. The van der Waals surface area contributed by atoms with E-state index in [1.54, 1.807) is 30.9 Å². The molecule has 9 nitrogen and oxygen atoms in total. The average Bonchev–Trinajstić information content (AvgIpc) is 3.73. The topological polar surface area (TPSA) is 118 Å². The summed E-state index contributed by atoms with van der Waals surface area (Å²) in [7, 11) is 0. The zero-order chi connectivity index (χ0) is 35.1. The van der Waals surface area contributed by atoms with Gasteiger partial charge in [0.1, 0.15) is 11.0 Å². The first-order valence-electron chi connectivity index (χ1n) is 16.8. The first kappa shape index (κ1) is 32.5. The number of halogens is 2. The fourth-order valence-corrected chi connectivity index (χ4v) is 8.47. The van der Waals surface area contributed by atoms with Crippen LogP contribution in [0.1, 0.15) is 83.3 Å². The van der Waals surface area contributed by atoms with Crippen LogP contribution in [0.3, 0.4) is 0 Å². The van der Waals surface area contributed by atoms with Crippen LogP contribution in [0.5, 0.6) is 0 Å². The molecule has 4 heterocycles. The molecule has 0 bridgehead atoms. The molecule has 11 heteroatoms. The van der Waals surface area contributed by atoms with Crippen LogP contribution in [0.4, 0.5) is 0 Å². The van der Waals surface area contributed by atoms with Crippen molar-refractivity contribution in [3.05, 3.63) is 117 Å². The van der Waals surface area contributed by atoms with Gasteiger partial charge in [-0.1, -0.05) is 71.7 Å². The quantitative estimate of drug-likeness (QED) is 0.171. The molecule has 0 radical (unpaired) electrons. The second-order valence-corrected chi connectivity index (χ2v) is 14.8. The number of nitrogens with one attached hydrogen (secondary N) is 2. The second-order valence-electron chi connectivity index (χ2n) is 14.0. The van der Waals surface area contributed by atoms with Crippen molar-refractivity contribution in [3.63, 3.8) is 0 Å². The number of aliphatic hydroxyl groups is 1. The van der Waals surface area contributed by atoms with E-state index in [1.165, 1.54) is 5.56 Å². The Morgan fingerprint density at radius 2 is 1.34 bits per heavy atom. The number of imidazole rings is 2. The van der Waals surface area contributed by atoms with E-state index in [0.29, 0.717) is 45.1 Å². The van der Waals surface area contributed by atoms with E-state index in [1.807, 2.05) is 60.4 Å². The maximum atomic E-state index is 14.0. The zero-order valence-electron chi connectivity index (χ0n) is 28.1. The highest BCUT2D eigenvalue weighted by Gasteiger charge is 2.41. The van der Waals surface area contributed by atoms with Crippen molar-refractivity contribution in [1.82, 2.24) is 29.7 Å². The van der Waals surface area contributed by atoms with Gasteiger partial charge in [-0.2, -0.15) is 0 Å². The van der Waals surface area contributed by atoms with Gasteiger partial charge in [0.05, 0.1) is 38.8 Å². The number of hydrogen-bond donors (Lipinski definition) is 3. The fourth-order valence-electron chi connectivity index (χ4n) is 7.94. The molecule has 0 saturated carbocycles. The molecule has 0 spiro atoms. The zero-order valence-corrected chi connectivity index (χ0v) is 29.6. The van der Waals surface area contributed by atoms with E-state index in [9.17, 15) is 14.7 Å². The summed E-state index contributed by atoms with van der Waals surface area (Å²) < 4.78 is 0. The van der Waals surface area contributed by atoms with Crippen LogP contribution in [0.15, 0.2) is 72.8 Å². The summed E-state index contributed by atoms with van der Waals surface area (Å²) in [5.74, 6) is -0.134. The minimum absolute atomic E-state index is 0.00145. The largest absolute Gasteiger partial charge is 0.388 e. The summed E-state index contributed by atoms with van der Waals surface area (Å²) in [6.07, 6.45) is 1.45. The van der Waals surface area contributed by atoms with Gasteiger partial charge in [-0.25, -0.2) is 9.97 Å². The highest BCUT2D eigenvalue weighted by molar-refractivity contribution is 6.36. The third-order valence-corrected chi connectivity index (χ3v) is 10.8. The van der Waals surface area contributed by atoms with E-state index in [0.717, 1.165) is 34.2 Å². The second kappa shape index (κ2) is 12.0. The van der Waals surface area contributed by atoms with E-state index in [2.05, 4.69) is 39.0 Å². The number of aromatic nitrogens is 4. The van der Waals surface area contributed by atoms with E-state index in [-0.39, 0.29) is 35.5 Å². The Kier molecular flexibility index (Phi) is 7.78. The van der Waals surface area contributed by atoms with Crippen molar-refractivity contribution in [1.29, 1.82) is 0 Å². The number of carbonyl (C=O) groups is 2. The molecule has 6 aromatic rings. The van der Waals surface area contributed by atoms with E-state index in [4.69, 9.17) is 23.2 Å². The van der Waals surface area contributed by atoms with Gasteiger partial charge in [-0.15, -0.1) is 0 Å². The molecule has 2 aliphatic rings. The molecule has 50 heavy (non-hydrogen) atoms. The molecule has 0 fully saturated rings. The summed E-state index contributed by atoms with van der Waals surface area (Å²) in [4.78, 5) is 47.1. The maximum absolute atomic E-state index is 14.0. The van der Waals surface area contributed by atoms with Crippen LogP contribution in [0.2, 0.25) is 10.0 Å². The lowest BCUT2D eigenvalue weighted by Crippen LogP contribution is -2.49. The van der Waals surface area contributed by atoms with Gasteiger partial charge < -0.3 is 24.9 Å². The third-order valence-electron chi connectivity index (χ3n) is 10.2. The normalized spacial score (nSPS) is 19.1. The number of amides is 2. The van der Waals surface area contributed by atoms with Gasteiger partial charge in [0.15, 0.2) is 11.6 Å². The number of benzene rings is 4. The van der Waals surface area contributed by atoms with Crippen molar-refractivity contribution in [2.45, 2.75) is 64.3 Å². The molecular weight excluding hydrogens is 671 g/mol. The van der Waals surface area contributed by atoms with Gasteiger partial charge in [0.2, 0.25) is 0 Å². The molecule has 2 amide bonds. The molecule has 2 aliphatic heterocycles. The van der Waals surface area contributed by atoms with Gasteiger partial charge in [-0.05, 0) is 98.2 Å². The summed E-state index contributed by atoms with van der Waals surface area (Å²) in [5.41, 5.74) is 6.92. The summed E-state index contributed by atoms with van der Waals surface area (Å²) in [6, 6.07) is 22.8. The smallest absolute Gasteiger partial charge is 0.290 e. The molecule has 1 unspecified atom stereocenters. The third kappa shape index (κ3) is 5.35. The Morgan fingerprint density at radius 1 is 0.800 bits per heavy atom. The van der Waals surface area contributed by atoms with Crippen molar-refractivity contribution in [2.75, 3.05) is 6.54 Å². The van der Waals surface area contributed by atoms with Crippen molar-refractivity contribution in [2.24, 2.45) is 0 Å². The van der Waals surface area contributed by atoms with Crippen LogP contribution >= 0.6 is 23.2 Å². The SMILES string of the molecule is C[C@H]1Cc2ccccc2[C@H](C)N1C(=O)c1nc2c(Cl)cc(-c3cc(Cl)c4nc(C(=O)N5CCc6ccccc6C5C(C)(C)O)[nH]c4c3)cc2[nH]1. The van der Waals surface area contributed by atoms with Crippen LogP contribution < -0.4 is 0 Å². The lowest BCUT2D eigenvalue weighted by molar-refractivity contribution is -0.0196. The first-order chi connectivity index (χ1) is 23.9. The van der Waals surface area contributed by atoms with Gasteiger partial charge in [0, 0.05) is 12.6 Å². The molecular formula is C39H36Cl2N6O3. The highest BCUT2D eigenvalue weighted by atomic mass is 35.5. The summed E-state index contributed by atoms with van der Waals surface area (Å²) in [6.45, 7) is 7.98.